The number of hydrogen-bond donors (Lipinski definition) is 1. The van der Waals surface area contributed by atoms with Gasteiger partial charge in [0.2, 0.25) is 0 Å². The van der Waals surface area contributed by atoms with Gasteiger partial charge in [-0.25, -0.2) is 22.9 Å². The molecule has 304 valence electrons. The zero-order valence-electron chi connectivity index (χ0n) is 33.4. The first-order chi connectivity index (χ1) is 27.8. The van der Waals surface area contributed by atoms with Gasteiger partial charge in [0.1, 0.15) is 48.0 Å². The minimum Gasteiger partial charge on any atom is -0.485 e. The first-order valence-electron chi connectivity index (χ1n) is 20.2. The van der Waals surface area contributed by atoms with E-state index in [-0.39, 0.29) is 76.5 Å². The average molecular weight is 797 g/mol. The van der Waals surface area contributed by atoms with E-state index in [0.29, 0.717) is 60.5 Å². The van der Waals surface area contributed by atoms with Gasteiger partial charge in [0.25, 0.3) is 0 Å². The first-order valence-corrected chi connectivity index (χ1v) is 20.2. The monoisotopic (exact) mass is 796 g/mol. The number of nitrogens with one attached hydrogen (secondary N) is 1. The van der Waals surface area contributed by atoms with Crippen molar-refractivity contribution in [1.82, 2.24) is 25.2 Å². The van der Waals surface area contributed by atoms with Crippen LogP contribution in [0.5, 0.6) is 11.8 Å². The van der Waals surface area contributed by atoms with Gasteiger partial charge >= 0.3 is 11.8 Å². The Morgan fingerprint density at radius 1 is 1.10 bits per heavy atom. The summed E-state index contributed by atoms with van der Waals surface area (Å²) < 4.78 is 71.3. The summed E-state index contributed by atoms with van der Waals surface area (Å²) >= 11 is 0. The van der Waals surface area contributed by atoms with Crippen molar-refractivity contribution in [1.29, 1.82) is 0 Å². The fourth-order valence-electron chi connectivity index (χ4n) is 9.70. The number of ether oxygens (including phenoxy) is 2. The fourth-order valence-corrected chi connectivity index (χ4v) is 9.70. The van der Waals surface area contributed by atoms with Crippen molar-refractivity contribution >= 4 is 27.5 Å². The minimum atomic E-state index is -0.945. The highest BCUT2D eigenvalue weighted by molar-refractivity contribution is 6.03. The predicted octanol–water partition coefficient (Wildman–Crippen LogP) is 7.23. The smallest absolute Gasteiger partial charge is 0.485 e. The van der Waals surface area contributed by atoms with Gasteiger partial charge in [-0.1, -0.05) is 46.6 Å². The number of benzene rings is 2. The quantitative estimate of drug-likeness (QED) is 0.160. The van der Waals surface area contributed by atoms with E-state index in [1.54, 1.807) is 18.2 Å². The number of terminal acetylenes is 1. The maximum atomic E-state index is 17.7. The van der Waals surface area contributed by atoms with Crippen molar-refractivity contribution < 1.29 is 31.5 Å². The summed E-state index contributed by atoms with van der Waals surface area (Å²) in [5.41, 5.74) is -0.364. The molecule has 4 aliphatic rings. The zero-order chi connectivity index (χ0) is 40.7. The highest BCUT2D eigenvalue weighted by atomic mass is 19.1. The lowest BCUT2D eigenvalue weighted by Crippen LogP contribution is -2.58. The van der Waals surface area contributed by atoms with Gasteiger partial charge in [0.15, 0.2) is 17.3 Å². The second kappa shape index (κ2) is 14.3. The molecule has 9 rings (SSSR count). The number of rotatable bonds is 8. The maximum Gasteiger partial charge on any atom is 0.519 e. The minimum absolute atomic E-state index is 0.00137. The molecular formula is C44H47F3N6O5. The lowest BCUT2D eigenvalue weighted by molar-refractivity contribution is 0.107. The third-order valence-electron chi connectivity index (χ3n) is 12.6. The molecule has 0 amide bonds. The van der Waals surface area contributed by atoms with E-state index in [9.17, 15) is 9.18 Å². The van der Waals surface area contributed by atoms with Gasteiger partial charge in [-0.15, -0.1) is 6.42 Å². The number of piperazine rings is 1. The Morgan fingerprint density at radius 2 is 1.93 bits per heavy atom. The second-order valence-electron chi connectivity index (χ2n) is 17.4. The van der Waals surface area contributed by atoms with E-state index in [4.69, 9.17) is 39.7 Å². The Kier molecular flexibility index (Phi) is 9.47. The van der Waals surface area contributed by atoms with E-state index in [2.05, 4.69) is 34.9 Å². The molecule has 3 aromatic heterocycles. The number of anilines is 1. The molecule has 4 aliphatic heterocycles. The molecule has 3 fully saturated rings. The Hall–Kier alpha value is -5.13. The van der Waals surface area contributed by atoms with Crippen LogP contribution in [0.3, 0.4) is 0 Å². The molecule has 2 aromatic carbocycles. The third-order valence-corrected chi connectivity index (χ3v) is 12.6. The molecule has 14 heteroatoms. The second-order valence-corrected chi connectivity index (χ2v) is 17.4. The predicted molar refractivity (Wildman–Crippen MR) is 213 cm³/mol. The summed E-state index contributed by atoms with van der Waals surface area (Å²) in [7, 11) is 0. The van der Waals surface area contributed by atoms with Crippen LogP contribution in [0.2, 0.25) is 0 Å². The van der Waals surface area contributed by atoms with Crippen molar-refractivity contribution in [3.63, 3.8) is 0 Å². The molecule has 5 aromatic rings. The van der Waals surface area contributed by atoms with Crippen LogP contribution in [0.4, 0.5) is 19.0 Å². The van der Waals surface area contributed by atoms with Crippen molar-refractivity contribution in [2.75, 3.05) is 37.7 Å². The number of aromatic nitrogens is 3. The van der Waals surface area contributed by atoms with Gasteiger partial charge in [-0.3, -0.25) is 4.90 Å². The average Bonchev–Trinajstić information content (AvgIpc) is 3.85. The molecule has 3 saturated heterocycles. The molecular weight excluding hydrogens is 750 g/mol. The molecule has 11 nitrogen and oxygen atoms in total. The maximum absolute atomic E-state index is 17.7. The van der Waals surface area contributed by atoms with Crippen LogP contribution in [-0.4, -0.2) is 76.4 Å². The Morgan fingerprint density at radius 3 is 2.71 bits per heavy atom. The number of nitrogens with zero attached hydrogens (tertiary/aromatic N) is 5. The molecule has 0 saturated carbocycles. The summed E-state index contributed by atoms with van der Waals surface area (Å²) in [4.78, 5) is 31.4. The van der Waals surface area contributed by atoms with Crippen LogP contribution in [-0.2, 0) is 18.4 Å². The molecule has 0 bridgehead atoms. The number of halogens is 3. The largest absolute Gasteiger partial charge is 0.519 e. The van der Waals surface area contributed by atoms with Gasteiger partial charge in [0, 0.05) is 54.5 Å². The van der Waals surface area contributed by atoms with E-state index < -0.39 is 34.6 Å². The summed E-state index contributed by atoms with van der Waals surface area (Å²) in [6.07, 6.45) is 8.44. The SMILES string of the molecule is C#Cc1c(F)ccc2cc(OCc3oc(=O)oc3C(C)(C)C)cc(-c3nc4c5c(nc(OC[C@@]67CCCN6C[C@H](F)C7)nc5c3F)N3C[C@@H](CC)NC[C@@H]3[C@@H](C)C4)c12. The van der Waals surface area contributed by atoms with Gasteiger partial charge < -0.3 is 28.5 Å². The van der Waals surface area contributed by atoms with Crippen molar-refractivity contribution in [2.45, 2.75) is 103 Å². The van der Waals surface area contributed by atoms with Gasteiger partial charge in [0.05, 0.1) is 22.2 Å². The molecule has 7 heterocycles. The Bertz CT molecular complexity index is 2540. The Labute approximate surface area is 334 Å². The van der Waals surface area contributed by atoms with Crippen LogP contribution in [0, 0.1) is 29.9 Å². The number of fused-ring (bicyclic) bond motifs is 4. The van der Waals surface area contributed by atoms with E-state index in [1.807, 2.05) is 20.8 Å². The summed E-state index contributed by atoms with van der Waals surface area (Å²) in [5, 5.41) is 4.93. The van der Waals surface area contributed by atoms with Crippen LogP contribution < -0.4 is 25.5 Å². The third kappa shape index (κ3) is 6.47. The number of hydrogen-bond acceptors (Lipinski definition) is 11. The van der Waals surface area contributed by atoms with Crippen molar-refractivity contribution in [2.24, 2.45) is 5.92 Å². The van der Waals surface area contributed by atoms with E-state index in [0.717, 1.165) is 25.8 Å². The van der Waals surface area contributed by atoms with Crippen molar-refractivity contribution in [3.05, 3.63) is 69.3 Å². The molecule has 0 aliphatic carbocycles. The zero-order valence-corrected chi connectivity index (χ0v) is 33.4. The molecule has 1 N–H and O–H groups in total. The van der Waals surface area contributed by atoms with Crippen molar-refractivity contribution in [3.8, 4) is 35.4 Å². The summed E-state index contributed by atoms with van der Waals surface area (Å²) in [5.74, 6) is 1.65. The molecule has 0 radical (unpaired) electrons. The molecule has 5 atom stereocenters. The lowest BCUT2D eigenvalue weighted by Gasteiger charge is -2.42. The highest BCUT2D eigenvalue weighted by Gasteiger charge is 2.49. The molecule has 0 unspecified atom stereocenters. The standard InChI is InChI=1S/C44H47F3N6O5/c1-7-26-20-53-32(18-48-26)23(3)14-31-35-38(50-41(51-40(35)53)56-22-44-12-9-13-52(44)19-25(45)17-44)36(47)37(49-31)29-16-27(15-24-10-11-30(46)28(8-2)34(24)29)55-21-33-39(43(4,5)6)58-42(54)57-33/h2,10-11,15-16,23,25-26,32,48H,7,9,12-14,17-22H2,1,3-6H3/t23-,25+,26+,32+,44-/m0/s1. The van der Waals surface area contributed by atoms with Crippen LogP contribution in [0.15, 0.2) is 37.9 Å². The fraction of sp³-hybridized carbons (Fsp3) is 0.500. The van der Waals surface area contributed by atoms with Crippen LogP contribution in [0.1, 0.15) is 83.1 Å². The topological polar surface area (TPSA) is 119 Å². The Balaban J connectivity index is 1.22. The molecule has 0 spiro atoms. The normalized spacial score (nSPS) is 24.5. The van der Waals surface area contributed by atoms with Gasteiger partial charge in [-0.05, 0) is 61.7 Å². The van der Waals surface area contributed by atoms with E-state index in [1.165, 1.54) is 6.07 Å². The van der Waals surface area contributed by atoms with E-state index >= 15 is 8.78 Å². The summed E-state index contributed by atoms with van der Waals surface area (Å²) in [6.45, 7) is 12.4. The first kappa shape index (κ1) is 38.4. The van der Waals surface area contributed by atoms with Crippen LogP contribution >= 0.6 is 0 Å². The van der Waals surface area contributed by atoms with Crippen LogP contribution in [0.25, 0.3) is 32.9 Å². The number of alkyl halides is 1. The summed E-state index contributed by atoms with van der Waals surface area (Å²) in [6, 6.07) is 6.25. The molecule has 58 heavy (non-hydrogen) atoms. The van der Waals surface area contributed by atoms with Gasteiger partial charge in [-0.2, -0.15) is 9.97 Å². The highest BCUT2D eigenvalue weighted by Crippen LogP contribution is 2.44. The number of pyridine rings is 1. The lowest BCUT2D eigenvalue weighted by atomic mass is 9.92.